The molecule has 1 rings (SSSR count). The zero-order valence-corrected chi connectivity index (χ0v) is 15.4. The van der Waals surface area contributed by atoms with Gasteiger partial charge in [0, 0.05) is 25.7 Å². The first-order valence-electron chi connectivity index (χ1n) is 7.33. The van der Waals surface area contributed by atoms with Crippen LogP contribution < -0.4 is 10.1 Å². The number of ether oxygens (including phenoxy) is 2. The standard InChI is InChI=1S/C15H25N3O4S/c1-7-22-13(19)11-10(2)14(21-6)23-12(11)16-15(20)18(5)9-8-17(3)4/h7-9H2,1-6H3,(H,16,20). The number of nitrogens with zero attached hydrogens (tertiary/aromatic N) is 2. The van der Waals surface area contributed by atoms with Crippen molar-refractivity contribution in [2.24, 2.45) is 0 Å². The fourth-order valence-electron chi connectivity index (χ4n) is 1.87. The molecule has 0 bridgehead atoms. The number of rotatable bonds is 7. The molecule has 130 valence electrons. The molecule has 0 aliphatic heterocycles. The van der Waals surface area contributed by atoms with Crippen LogP contribution in [0.4, 0.5) is 9.80 Å². The smallest absolute Gasteiger partial charge is 0.341 e. The Morgan fingerprint density at radius 2 is 1.87 bits per heavy atom. The minimum atomic E-state index is -0.462. The van der Waals surface area contributed by atoms with Crippen LogP contribution in [0, 0.1) is 6.92 Å². The summed E-state index contributed by atoms with van der Waals surface area (Å²) in [6.07, 6.45) is 0. The van der Waals surface area contributed by atoms with Crippen molar-refractivity contribution in [1.29, 1.82) is 0 Å². The van der Waals surface area contributed by atoms with Crippen molar-refractivity contribution in [3.8, 4) is 5.06 Å². The molecule has 0 spiro atoms. The van der Waals surface area contributed by atoms with E-state index in [1.807, 2.05) is 19.0 Å². The Morgan fingerprint density at radius 1 is 1.22 bits per heavy atom. The minimum Gasteiger partial charge on any atom is -0.487 e. The summed E-state index contributed by atoms with van der Waals surface area (Å²) in [7, 11) is 7.12. The number of esters is 1. The van der Waals surface area contributed by atoms with Crippen molar-refractivity contribution >= 4 is 28.3 Å². The van der Waals surface area contributed by atoms with Gasteiger partial charge in [0.1, 0.15) is 10.6 Å². The van der Waals surface area contributed by atoms with Crippen LogP contribution in [-0.4, -0.2) is 69.7 Å². The Hall–Kier alpha value is -1.80. The van der Waals surface area contributed by atoms with Crippen LogP contribution in [0.5, 0.6) is 5.06 Å². The lowest BCUT2D eigenvalue weighted by molar-refractivity contribution is 0.0527. The van der Waals surface area contributed by atoms with E-state index in [2.05, 4.69) is 5.32 Å². The third-order valence-electron chi connectivity index (χ3n) is 3.22. The van der Waals surface area contributed by atoms with Gasteiger partial charge in [-0.25, -0.2) is 9.59 Å². The molecule has 1 N–H and O–H groups in total. The van der Waals surface area contributed by atoms with Gasteiger partial charge in [0.05, 0.1) is 13.7 Å². The van der Waals surface area contributed by atoms with E-state index in [9.17, 15) is 9.59 Å². The zero-order chi connectivity index (χ0) is 17.6. The van der Waals surface area contributed by atoms with Crippen LogP contribution in [0.25, 0.3) is 0 Å². The molecule has 23 heavy (non-hydrogen) atoms. The average Bonchev–Trinajstić information content (AvgIpc) is 2.80. The van der Waals surface area contributed by atoms with Crippen molar-refractivity contribution < 1.29 is 19.1 Å². The first kappa shape index (κ1) is 19.2. The van der Waals surface area contributed by atoms with Crippen molar-refractivity contribution in [1.82, 2.24) is 9.80 Å². The minimum absolute atomic E-state index is 0.270. The van der Waals surface area contributed by atoms with Crippen molar-refractivity contribution in [2.45, 2.75) is 13.8 Å². The molecule has 1 heterocycles. The van der Waals surface area contributed by atoms with E-state index in [0.717, 1.165) is 6.54 Å². The Morgan fingerprint density at radius 3 is 2.39 bits per heavy atom. The Kier molecular flexibility index (Phi) is 7.31. The molecule has 0 saturated heterocycles. The maximum Gasteiger partial charge on any atom is 0.341 e. The van der Waals surface area contributed by atoms with Crippen LogP contribution in [0.2, 0.25) is 0 Å². The molecule has 1 aromatic heterocycles. The second kappa shape index (κ2) is 8.73. The fourth-order valence-corrected chi connectivity index (χ4v) is 2.87. The number of urea groups is 1. The molecule has 0 radical (unpaired) electrons. The van der Waals surface area contributed by atoms with Crippen LogP contribution in [0.15, 0.2) is 0 Å². The third-order valence-corrected chi connectivity index (χ3v) is 4.39. The molecule has 0 atom stereocenters. The molecular weight excluding hydrogens is 318 g/mol. The van der Waals surface area contributed by atoms with Gasteiger partial charge < -0.3 is 19.3 Å². The highest BCUT2D eigenvalue weighted by Crippen LogP contribution is 2.39. The number of carbonyl (C=O) groups is 2. The van der Waals surface area contributed by atoms with E-state index >= 15 is 0 Å². The Balaban J connectivity index is 2.94. The normalized spacial score (nSPS) is 10.6. The van der Waals surface area contributed by atoms with Gasteiger partial charge >= 0.3 is 12.0 Å². The van der Waals surface area contributed by atoms with E-state index in [0.29, 0.717) is 27.7 Å². The molecule has 1 aromatic rings. The van der Waals surface area contributed by atoms with Gasteiger partial charge in [-0.1, -0.05) is 11.3 Å². The number of amides is 2. The molecule has 0 aromatic carbocycles. The number of thiophene rings is 1. The lowest BCUT2D eigenvalue weighted by atomic mass is 10.2. The predicted octanol–water partition coefficient (Wildman–Crippen LogP) is 2.27. The van der Waals surface area contributed by atoms with Gasteiger partial charge in [-0.05, 0) is 27.9 Å². The largest absolute Gasteiger partial charge is 0.487 e. The number of methoxy groups -OCH3 is 1. The molecule has 0 fully saturated rings. The topological polar surface area (TPSA) is 71.1 Å². The number of likely N-dealkylation sites (N-methyl/N-ethyl adjacent to an activating group) is 2. The third kappa shape index (κ3) is 5.11. The Labute approximate surface area is 141 Å². The molecule has 0 unspecified atom stereocenters. The molecule has 8 heteroatoms. The second-order valence-corrected chi connectivity index (χ2v) is 6.28. The summed E-state index contributed by atoms with van der Waals surface area (Å²) in [4.78, 5) is 28.0. The first-order chi connectivity index (χ1) is 10.8. The molecule has 0 aliphatic carbocycles. The fraction of sp³-hybridized carbons (Fsp3) is 0.600. The van der Waals surface area contributed by atoms with Crippen molar-refractivity contribution in [3.05, 3.63) is 11.1 Å². The summed E-state index contributed by atoms with van der Waals surface area (Å²) in [6, 6.07) is -0.277. The van der Waals surface area contributed by atoms with Gasteiger partial charge in [-0.3, -0.25) is 5.32 Å². The molecule has 2 amide bonds. The predicted molar refractivity (Wildman–Crippen MR) is 91.8 cm³/mol. The van der Waals surface area contributed by atoms with E-state index in [1.165, 1.54) is 18.4 Å². The summed E-state index contributed by atoms with van der Waals surface area (Å²) < 4.78 is 10.3. The second-order valence-electron chi connectivity index (χ2n) is 5.30. The van der Waals surface area contributed by atoms with E-state index in [-0.39, 0.29) is 12.6 Å². The lowest BCUT2D eigenvalue weighted by Crippen LogP contribution is -2.36. The molecule has 7 nitrogen and oxygen atoms in total. The first-order valence-corrected chi connectivity index (χ1v) is 8.14. The summed E-state index contributed by atoms with van der Waals surface area (Å²) in [5.41, 5.74) is 1.02. The summed E-state index contributed by atoms with van der Waals surface area (Å²) in [5, 5.41) is 3.80. The van der Waals surface area contributed by atoms with E-state index < -0.39 is 5.97 Å². The van der Waals surface area contributed by atoms with Crippen LogP contribution >= 0.6 is 11.3 Å². The average molecular weight is 343 g/mol. The van der Waals surface area contributed by atoms with Crippen LogP contribution in [0.1, 0.15) is 22.8 Å². The molecular formula is C15H25N3O4S. The number of anilines is 1. The number of hydrogen-bond donors (Lipinski definition) is 1. The van der Waals surface area contributed by atoms with Gasteiger partial charge in [0.25, 0.3) is 0 Å². The zero-order valence-electron chi connectivity index (χ0n) is 14.6. The van der Waals surface area contributed by atoms with E-state index in [1.54, 1.807) is 25.8 Å². The van der Waals surface area contributed by atoms with Crippen LogP contribution in [0.3, 0.4) is 0 Å². The SMILES string of the molecule is CCOC(=O)c1c(NC(=O)N(C)CCN(C)C)sc(OC)c1C. The Bertz CT molecular complexity index is 557. The van der Waals surface area contributed by atoms with Gasteiger partial charge in [-0.2, -0.15) is 0 Å². The number of carbonyl (C=O) groups excluding carboxylic acids is 2. The van der Waals surface area contributed by atoms with Gasteiger partial charge in [0.2, 0.25) is 0 Å². The van der Waals surface area contributed by atoms with Crippen molar-refractivity contribution in [3.63, 3.8) is 0 Å². The highest BCUT2D eigenvalue weighted by molar-refractivity contribution is 7.18. The van der Waals surface area contributed by atoms with Gasteiger partial charge in [-0.15, -0.1) is 0 Å². The summed E-state index contributed by atoms with van der Waals surface area (Å²) >= 11 is 1.22. The maximum absolute atomic E-state index is 12.3. The quantitative estimate of drug-likeness (QED) is 0.769. The number of hydrogen-bond acceptors (Lipinski definition) is 6. The highest BCUT2D eigenvalue weighted by Gasteiger charge is 2.25. The van der Waals surface area contributed by atoms with Crippen molar-refractivity contribution in [2.75, 3.05) is 53.3 Å². The number of nitrogens with one attached hydrogen (secondary N) is 1. The van der Waals surface area contributed by atoms with E-state index in [4.69, 9.17) is 9.47 Å². The highest BCUT2D eigenvalue weighted by atomic mass is 32.1. The lowest BCUT2D eigenvalue weighted by Gasteiger charge is -2.20. The van der Waals surface area contributed by atoms with Crippen LogP contribution in [-0.2, 0) is 4.74 Å². The van der Waals surface area contributed by atoms with Gasteiger partial charge in [0.15, 0.2) is 5.06 Å². The summed E-state index contributed by atoms with van der Waals surface area (Å²) in [5.74, 6) is -0.462. The maximum atomic E-state index is 12.3. The monoisotopic (exact) mass is 343 g/mol. The molecule has 0 aliphatic rings. The summed E-state index contributed by atoms with van der Waals surface area (Å²) in [6.45, 7) is 5.11. The molecule has 0 saturated carbocycles.